The van der Waals surface area contributed by atoms with E-state index in [0.717, 1.165) is 31.6 Å². The van der Waals surface area contributed by atoms with Crippen LogP contribution in [0.4, 0.5) is 0 Å². The number of carbonyl (C=O) groups is 1. The van der Waals surface area contributed by atoms with Gasteiger partial charge in [-0.15, -0.1) is 0 Å². The molecular weight excluding hydrogens is 266 g/mol. The number of aliphatic hydroxyl groups is 1. The van der Waals surface area contributed by atoms with Gasteiger partial charge in [0.2, 0.25) is 0 Å². The summed E-state index contributed by atoms with van der Waals surface area (Å²) in [4.78, 5) is 18.4. The van der Waals surface area contributed by atoms with E-state index in [1.165, 1.54) is 37.0 Å². The van der Waals surface area contributed by atoms with Gasteiger partial charge in [-0.1, -0.05) is 45.4 Å². The summed E-state index contributed by atoms with van der Waals surface area (Å²) in [6.07, 6.45) is 10.1. The molecule has 0 aromatic rings. The quantitative estimate of drug-likeness (QED) is 0.754. The molecule has 2 rings (SSSR count). The normalized spacial score (nSPS) is 25.2. The molecule has 0 spiro atoms. The van der Waals surface area contributed by atoms with Gasteiger partial charge in [0, 0.05) is 0 Å². The van der Waals surface area contributed by atoms with E-state index in [0.29, 0.717) is 5.96 Å². The van der Waals surface area contributed by atoms with E-state index in [1.54, 1.807) is 0 Å². The fourth-order valence-electron chi connectivity index (χ4n) is 3.61. The Bertz CT molecular complexity index is 378. The van der Waals surface area contributed by atoms with Crippen molar-refractivity contribution in [2.45, 2.75) is 76.8 Å². The summed E-state index contributed by atoms with van der Waals surface area (Å²) in [5.74, 6) is 1.03. The monoisotopic (exact) mass is 295 g/mol. The topological polar surface area (TPSA) is 78.9 Å². The Morgan fingerprint density at radius 3 is 2.67 bits per heavy atom. The zero-order chi connectivity index (χ0) is 15.2. The van der Waals surface area contributed by atoms with Crippen LogP contribution < -0.4 is 5.73 Å². The Kier molecular flexibility index (Phi) is 6.03. The van der Waals surface area contributed by atoms with Crippen molar-refractivity contribution in [3.05, 3.63) is 0 Å². The molecule has 1 heterocycles. The largest absolute Gasteiger partial charge is 0.394 e. The molecule has 2 unspecified atom stereocenters. The predicted molar refractivity (Wildman–Crippen MR) is 83.8 cm³/mol. The van der Waals surface area contributed by atoms with E-state index in [4.69, 9.17) is 5.73 Å². The molecule has 1 amide bonds. The molecule has 0 radical (unpaired) electrons. The second-order valence-electron chi connectivity index (χ2n) is 6.42. The van der Waals surface area contributed by atoms with Gasteiger partial charge in [0.05, 0.1) is 12.6 Å². The van der Waals surface area contributed by atoms with Crippen LogP contribution in [0.5, 0.6) is 0 Å². The minimum atomic E-state index is -0.321. The maximum absolute atomic E-state index is 12.5. The molecule has 120 valence electrons. The summed E-state index contributed by atoms with van der Waals surface area (Å²) >= 11 is 0. The molecule has 1 aliphatic heterocycles. The summed E-state index contributed by atoms with van der Waals surface area (Å²) in [6, 6.07) is -0.538. The fourth-order valence-corrected chi connectivity index (χ4v) is 3.61. The lowest BCUT2D eigenvalue weighted by molar-refractivity contribution is -0.129. The first-order valence-corrected chi connectivity index (χ1v) is 8.44. The first kappa shape index (κ1) is 16.3. The minimum absolute atomic E-state index is 0.0178. The SMILES string of the molecule is CCCC(CO)N1C(=O)C(CCC2CCCCC2)N=C1N. The third-order valence-electron chi connectivity index (χ3n) is 4.83. The van der Waals surface area contributed by atoms with Crippen LogP contribution in [0, 0.1) is 5.92 Å². The van der Waals surface area contributed by atoms with Gasteiger partial charge in [-0.25, -0.2) is 4.99 Å². The highest BCUT2D eigenvalue weighted by Gasteiger charge is 2.37. The number of nitrogens with two attached hydrogens (primary N) is 1. The van der Waals surface area contributed by atoms with E-state index in [9.17, 15) is 9.90 Å². The van der Waals surface area contributed by atoms with Gasteiger partial charge in [0.1, 0.15) is 6.04 Å². The van der Waals surface area contributed by atoms with Crippen LogP contribution in [0.15, 0.2) is 4.99 Å². The van der Waals surface area contributed by atoms with Crippen molar-refractivity contribution in [2.24, 2.45) is 16.6 Å². The van der Waals surface area contributed by atoms with Crippen molar-refractivity contribution in [1.82, 2.24) is 4.90 Å². The van der Waals surface area contributed by atoms with Crippen molar-refractivity contribution < 1.29 is 9.90 Å². The molecule has 1 aliphatic carbocycles. The first-order chi connectivity index (χ1) is 10.2. The van der Waals surface area contributed by atoms with Crippen LogP contribution in [-0.4, -0.2) is 40.6 Å². The first-order valence-electron chi connectivity index (χ1n) is 8.44. The van der Waals surface area contributed by atoms with E-state index in [2.05, 4.69) is 4.99 Å². The summed E-state index contributed by atoms with van der Waals surface area (Å²) in [5.41, 5.74) is 5.92. The third-order valence-corrected chi connectivity index (χ3v) is 4.83. The van der Waals surface area contributed by atoms with Gasteiger partial charge in [0.15, 0.2) is 5.96 Å². The lowest BCUT2D eigenvalue weighted by Crippen LogP contribution is -2.48. The van der Waals surface area contributed by atoms with Gasteiger partial charge in [-0.2, -0.15) is 0 Å². The average Bonchev–Trinajstić information content (AvgIpc) is 2.78. The fraction of sp³-hybridized carbons (Fsp3) is 0.875. The third kappa shape index (κ3) is 3.96. The lowest BCUT2D eigenvalue weighted by Gasteiger charge is -2.26. The molecule has 1 fully saturated rings. The zero-order valence-corrected chi connectivity index (χ0v) is 13.1. The number of amides is 1. The number of hydrogen-bond donors (Lipinski definition) is 2. The molecule has 5 heteroatoms. The number of guanidine groups is 1. The molecule has 3 N–H and O–H groups in total. The number of aliphatic imine (C=N–C) groups is 1. The summed E-state index contributed by atoms with van der Waals surface area (Å²) in [7, 11) is 0. The van der Waals surface area contributed by atoms with Crippen molar-refractivity contribution >= 4 is 11.9 Å². The highest BCUT2D eigenvalue weighted by atomic mass is 16.3. The van der Waals surface area contributed by atoms with E-state index >= 15 is 0 Å². The molecule has 0 aromatic heterocycles. The van der Waals surface area contributed by atoms with Crippen molar-refractivity contribution in [1.29, 1.82) is 0 Å². The highest BCUT2D eigenvalue weighted by Crippen LogP contribution is 2.29. The Morgan fingerprint density at radius 1 is 1.33 bits per heavy atom. The second-order valence-corrected chi connectivity index (χ2v) is 6.42. The summed E-state index contributed by atoms with van der Waals surface area (Å²) in [5, 5.41) is 9.47. The smallest absolute Gasteiger partial charge is 0.254 e. The van der Waals surface area contributed by atoms with Crippen LogP contribution in [0.25, 0.3) is 0 Å². The molecule has 5 nitrogen and oxygen atoms in total. The number of aliphatic hydroxyl groups excluding tert-OH is 1. The molecule has 0 saturated heterocycles. The standard InChI is InChI=1S/C16H29N3O2/c1-2-6-13(11-20)19-15(21)14(18-16(19)17)10-9-12-7-4-3-5-8-12/h12-14,20H,2-11H2,1H3,(H2,17,18). The lowest BCUT2D eigenvalue weighted by atomic mass is 9.85. The Morgan fingerprint density at radius 2 is 2.05 bits per heavy atom. The second kappa shape index (κ2) is 7.78. The van der Waals surface area contributed by atoms with Crippen molar-refractivity contribution in [3.63, 3.8) is 0 Å². The Balaban J connectivity index is 1.89. The maximum Gasteiger partial charge on any atom is 0.254 e. The predicted octanol–water partition coefficient (Wildman–Crippen LogP) is 2.03. The Labute approximate surface area is 127 Å². The van der Waals surface area contributed by atoms with Gasteiger partial charge in [0.25, 0.3) is 5.91 Å². The van der Waals surface area contributed by atoms with Crippen LogP contribution in [0.3, 0.4) is 0 Å². The molecule has 1 saturated carbocycles. The molecule has 2 atom stereocenters. The van der Waals surface area contributed by atoms with E-state index in [-0.39, 0.29) is 24.6 Å². The summed E-state index contributed by atoms with van der Waals surface area (Å²) in [6.45, 7) is 1.99. The molecular formula is C16H29N3O2. The molecule has 21 heavy (non-hydrogen) atoms. The maximum atomic E-state index is 12.5. The summed E-state index contributed by atoms with van der Waals surface area (Å²) < 4.78 is 0. The minimum Gasteiger partial charge on any atom is -0.394 e. The van der Waals surface area contributed by atoms with Crippen LogP contribution in [0.2, 0.25) is 0 Å². The van der Waals surface area contributed by atoms with Crippen LogP contribution >= 0.6 is 0 Å². The van der Waals surface area contributed by atoms with Gasteiger partial charge in [-0.3, -0.25) is 9.69 Å². The number of nitrogens with zero attached hydrogens (tertiary/aromatic N) is 2. The van der Waals surface area contributed by atoms with Crippen molar-refractivity contribution in [3.8, 4) is 0 Å². The molecule has 0 aromatic carbocycles. The Hall–Kier alpha value is -1.10. The molecule has 2 aliphatic rings. The van der Waals surface area contributed by atoms with E-state index in [1.807, 2.05) is 6.92 Å². The average molecular weight is 295 g/mol. The molecule has 0 bridgehead atoms. The van der Waals surface area contributed by atoms with Gasteiger partial charge in [-0.05, 0) is 25.2 Å². The number of carbonyl (C=O) groups excluding carboxylic acids is 1. The van der Waals surface area contributed by atoms with Gasteiger partial charge < -0.3 is 10.8 Å². The highest BCUT2D eigenvalue weighted by molar-refractivity contribution is 6.04. The number of hydrogen-bond acceptors (Lipinski definition) is 4. The number of rotatable bonds is 7. The van der Waals surface area contributed by atoms with Crippen LogP contribution in [0.1, 0.15) is 64.7 Å². The zero-order valence-electron chi connectivity index (χ0n) is 13.1. The van der Waals surface area contributed by atoms with Gasteiger partial charge >= 0.3 is 0 Å². The van der Waals surface area contributed by atoms with E-state index < -0.39 is 0 Å². The van der Waals surface area contributed by atoms with Crippen molar-refractivity contribution in [2.75, 3.05) is 6.61 Å². The van der Waals surface area contributed by atoms with Crippen LogP contribution in [-0.2, 0) is 4.79 Å².